The zero-order chi connectivity index (χ0) is 11.1. The van der Waals surface area contributed by atoms with Crippen LogP contribution in [0.5, 0.6) is 0 Å². The van der Waals surface area contributed by atoms with Crippen molar-refractivity contribution in [1.82, 2.24) is 5.32 Å². The van der Waals surface area contributed by atoms with E-state index in [4.69, 9.17) is 0 Å². The third kappa shape index (κ3) is 4.70. The molecule has 2 heterocycles. The van der Waals surface area contributed by atoms with E-state index in [9.17, 15) is 0 Å². The molecule has 0 spiro atoms. The monoisotopic (exact) mass is 273 g/mol. The lowest BCUT2D eigenvalue weighted by Gasteiger charge is -2.22. The second-order valence-corrected chi connectivity index (χ2v) is 7.13. The highest BCUT2D eigenvalue weighted by atomic mass is 32.2. The number of rotatable bonds is 6. The topological polar surface area (TPSA) is 12.0 Å². The number of thiophene rings is 1. The van der Waals surface area contributed by atoms with Crippen LogP contribution in [-0.2, 0) is 5.75 Å². The van der Waals surface area contributed by atoms with Crippen LogP contribution in [0.2, 0.25) is 0 Å². The van der Waals surface area contributed by atoms with E-state index in [1.807, 2.05) is 11.8 Å². The Kier molecular flexibility index (Phi) is 6.12. The molecule has 0 amide bonds. The summed E-state index contributed by atoms with van der Waals surface area (Å²) in [5.41, 5.74) is 1.48. The van der Waals surface area contributed by atoms with Crippen molar-refractivity contribution >= 4 is 34.9 Å². The SMILES string of the molecule is c1cc(CSCCNC2CCSCC2)cs1. The van der Waals surface area contributed by atoms with Crippen LogP contribution in [0.15, 0.2) is 16.8 Å². The first kappa shape index (κ1) is 12.8. The van der Waals surface area contributed by atoms with Crippen LogP contribution < -0.4 is 5.32 Å². The Labute approximate surface area is 111 Å². The third-order valence-corrected chi connectivity index (χ3v) is 5.56. The van der Waals surface area contributed by atoms with Gasteiger partial charge < -0.3 is 5.32 Å². The first-order chi connectivity index (χ1) is 7.95. The molecule has 0 aromatic carbocycles. The minimum Gasteiger partial charge on any atom is -0.313 e. The van der Waals surface area contributed by atoms with Crippen molar-refractivity contribution in [3.8, 4) is 0 Å². The molecule has 1 aromatic rings. The molecule has 0 bridgehead atoms. The fraction of sp³-hybridized carbons (Fsp3) is 0.667. The number of nitrogens with one attached hydrogen (secondary N) is 1. The minimum atomic E-state index is 0.794. The first-order valence-electron chi connectivity index (χ1n) is 5.85. The minimum absolute atomic E-state index is 0.794. The molecule has 0 aliphatic carbocycles. The van der Waals surface area contributed by atoms with Crippen LogP contribution >= 0.6 is 34.9 Å². The molecule has 1 saturated heterocycles. The maximum atomic E-state index is 3.67. The largest absolute Gasteiger partial charge is 0.313 e. The smallest absolute Gasteiger partial charge is 0.0193 e. The van der Waals surface area contributed by atoms with E-state index in [0.29, 0.717) is 0 Å². The predicted molar refractivity (Wildman–Crippen MR) is 78.8 cm³/mol. The Morgan fingerprint density at radius 3 is 3.00 bits per heavy atom. The van der Waals surface area contributed by atoms with E-state index in [0.717, 1.165) is 6.04 Å². The Hall–Kier alpha value is 0.360. The molecule has 4 heteroatoms. The van der Waals surface area contributed by atoms with Gasteiger partial charge in [0.1, 0.15) is 0 Å². The highest BCUT2D eigenvalue weighted by molar-refractivity contribution is 7.99. The molecule has 0 unspecified atom stereocenters. The Morgan fingerprint density at radius 2 is 2.25 bits per heavy atom. The summed E-state index contributed by atoms with van der Waals surface area (Å²) in [5.74, 6) is 5.10. The van der Waals surface area contributed by atoms with Gasteiger partial charge in [-0.2, -0.15) is 34.9 Å². The number of hydrogen-bond donors (Lipinski definition) is 1. The Balaban J connectivity index is 1.48. The maximum Gasteiger partial charge on any atom is 0.0193 e. The van der Waals surface area contributed by atoms with Crippen molar-refractivity contribution in [2.75, 3.05) is 23.8 Å². The summed E-state index contributed by atoms with van der Waals surface area (Å²) in [4.78, 5) is 0. The van der Waals surface area contributed by atoms with Gasteiger partial charge in [-0.1, -0.05) is 0 Å². The summed E-state index contributed by atoms with van der Waals surface area (Å²) in [5, 5.41) is 8.08. The van der Waals surface area contributed by atoms with Crippen LogP contribution in [0.3, 0.4) is 0 Å². The summed E-state index contributed by atoms with van der Waals surface area (Å²) in [6.45, 7) is 1.17. The molecule has 1 aliphatic heterocycles. The molecule has 90 valence electrons. The van der Waals surface area contributed by atoms with E-state index in [1.165, 1.54) is 48.0 Å². The molecule has 1 fully saturated rings. The summed E-state index contributed by atoms with van der Waals surface area (Å²) in [6.07, 6.45) is 2.72. The van der Waals surface area contributed by atoms with E-state index >= 15 is 0 Å². The number of hydrogen-bond acceptors (Lipinski definition) is 4. The van der Waals surface area contributed by atoms with Gasteiger partial charge in [-0.05, 0) is 46.7 Å². The number of thioether (sulfide) groups is 2. The molecule has 2 rings (SSSR count). The summed E-state index contributed by atoms with van der Waals surface area (Å²) in [7, 11) is 0. The van der Waals surface area contributed by atoms with E-state index in [2.05, 4.69) is 33.9 Å². The van der Waals surface area contributed by atoms with Crippen molar-refractivity contribution in [2.24, 2.45) is 0 Å². The third-order valence-electron chi connectivity index (χ3n) is 2.75. The van der Waals surface area contributed by atoms with E-state index < -0.39 is 0 Å². The van der Waals surface area contributed by atoms with Gasteiger partial charge in [0, 0.05) is 24.1 Å². The van der Waals surface area contributed by atoms with Crippen LogP contribution in [0.4, 0.5) is 0 Å². The van der Waals surface area contributed by atoms with Gasteiger partial charge in [0.05, 0.1) is 0 Å². The zero-order valence-electron chi connectivity index (χ0n) is 9.48. The van der Waals surface area contributed by atoms with Crippen LogP contribution in [0.1, 0.15) is 18.4 Å². The van der Waals surface area contributed by atoms with E-state index in [-0.39, 0.29) is 0 Å². The second kappa shape index (κ2) is 7.64. The van der Waals surface area contributed by atoms with Gasteiger partial charge in [-0.3, -0.25) is 0 Å². The highest BCUT2D eigenvalue weighted by Gasteiger charge is 2.11. The fourth-order valence-corrected chi connectivity index (χ4v) is 4.50. The van der Waals surface area contributed by atoms with Crippen molar-refractivity contribution in [3.05, 3.63) is 22.4 Å². The van der Waals surface area contributed by atoms with Crippen molar-refractivity contribution in [2.45, 2.75) is 24.6 Å². The molecular weight excluding hydrogens is 254 g/mol. The van der Waals surface area contributed by atoms with Gasteiger partial charge >= 0.3 is 0 Å². The molecule has 1 N–H and O–H groups in total. The molecule has 16 heavy (non-hydrogen) atoms. The first-order valence-corrected chi connectivity index (χ1v) is 9.10. The average Bonchev–Trinajstić information content (AvgIpc) is 2.83. The molecule has 1 aliphatic rings. The molecule has 1 aromatic heterocycles. The van der Waals surface area contributed by atoms with Crippen molar-refractivity contribution in [1.29, 1.82) is 0 Å². The normalized spacial score (nSPS) is 17.8. The van der Waals surface area contributed by atoms with Gasteiger partial charge in [0.25, 0.3) is 0 Å². The average molecular weight is 273 g/mol. The predicted octanol–water partition coefficient (Wildman–Crippen LogP) is 3.47. The lowest BCUT2D eigenvalue weighted by Crippen LogP contribution is -2.34. The van der Waals surface area contributed by atoms with Gasteiger partial charge in [-0.25, -0.2) is 0 Å². The van der Waals surface area contributed by atoms with Gasteiger partial charge in [0.2, 0.25) is 0 Å². The van der Waals surface area contributed by atoms with Crippen molar-refractivity contribution in [3.63, 3.8) is 0 Å². The fourth-order valence-electron chi connectivity index (χ4n) is 1.80. The Bertz CT molecular complexity index is 268. The summed E-state index contributed by atoms with van der Waals surface area (Å²) >= 11 is 5.93. The molecule has 0 saturated carbocycles. The maximum absolute atomic E-state index is 3.67. The van der Waals surface area contributed by atoms with Gasteiger partial charge in [0.15, 0.2) is 0 Å². The quantitative estimate of drug-likeness (QED) is 0.797. The van der Waals surface area contributed by atoms with Crippen LogP contribution in [0.25, 0.3) is 0 Å². The van der Waals surface area contributed by atoms with Crippen LogP contribution in [0, 0.1) is 0 Å². The van der Waals surface area contributed by atoms with E-state index in [1.54, 1.807) is 11.3 Å². The second-order valence-electron chi connectivity index (χ2n) is 4.02. The lowest BCUT2D eigenvalue weighted by atomic mass is 10.1. The van der Waals surface area contributed by atoms with Gasteiger partial charge in [-0.15, -0.1) is 0 Å². The molecule has 0 atom stereocenters. The summed E-state index contributed by atoms with van der Waals surface area (Å²) < 4.78 is 0. The lowest BCUT2D eigenvalue weighted by molar-refractivity contribution is 0.499. The molecular formula is C12H19NS3. The summed E-state index contributed by atoms with van der Waals surface area (Å²) in [6, 6.07) is 3.02. The highest BCUT2D eigenvalue weighted by Crippen LogP contribution is 2.17. The zero-order valence-corrected chi connectivity index (χ0v) is 11.9. The van der Waals surface area contributed by atoms with Crippen molar-refractivity contribution < 1.29 is 0 Å². The molecule has 0 radical (unpaired) electrons. The van der Waals surface area contributed by atoms with Crippen LogP contribution in [-0.4, -0.2) is 29.8 Å². The Morgan fingerprint density at radius 1 is 1.38 bits per heavy atom. The standard InChI is InChI=1S/C12H19NS3/c1-5-15-9-11(1)10-16-8-4-13-12-2-6-14-7-3-12/h1,5,9,12-13H,2-4,6-8,10H2. The molecule has 1 nitrogen and oxygen atoms in total.